The number of piperidine rings is 1. The molecule has 2 atom stereocenters. The van der Waals surface area contributed by atoms with Crippen LogP contribution in [0.5, 0.6) is 0 Å². The molecule has 1 amide bonds. The predicted molar refractivity (Wildman–Crippen MR) is 236 cm³/mol. The highest BCUT2D eigenvalue weighted by molar-refractivity contribution is 5.93. The summed E-state index contributed by atoms with van der Waals surface area (Å²) in [6.45, 7) is 32.6. The van der Waals surface area contributed by atoms with Crippen molar-refractivity contribution in [1.29, 1.82) is 5.26 Å². The molecule has 4 nitrogen and oxygen atoms in total. The maximum absolute atomic E-state index is 13.6. The molecule has 1 heterocycles. The first-order valence-electron chi connectivity index (χ1n) is 21.0. The molecule has 3 rings (SSSR count). The molecule has 0 spiro atoms. The number of amides is 1. The number of benzene rings is 2. The monoisotopic (exact) mass is 738 g/mol. The number of hydrogen-bond donors (Lipinski definition) is 1. The minimum Gasteiger partial charge on any atom is -0.337 e. The van der Waals surface area contributed by atoms with Gasteiger partial charge in [-0.25, -0.2) is 4.39 Å². The van der Waals surface area contributed by atoms with Crippen LogP contribution >= 0.6 is 0 Å². The summed E-state index contributed by atoms with van der Waals surface area (Å²) in [4.78, 5) is 14.4. The number of halogens is 1. The highest BCUT2D eigenvalue weighted by atomic mass is 19.1. The third kappa shape index (κ3) is 32.9. The van der Waals surface area contributed by atoms with E-state index in [2.05, 4.69) is 78.7 Å². The quantitative estimate of drug-likeness (QED) is 0.206. The number of aryl methyl sites for hydroxylation is 1. The zero-order chi connectivity index (χ0) is 42.0. The Morgan fingerprint density at radius 2 is 1.47 bits per heavy atom. The van der Waals surface area contributed by atoms with Crippen molar-refractivity contribution in [2.45, 2.75) is 186 Å². The summed E-state index contributed by atoms with van der Waals surface area (Å²) in [6, 6.07) is 15.2. The third-order valence-corrected chi connectivity index (χ3v) is 7.81. The number of likely N-dealkylation sites (tertiary alicyclic amines) is 1. The van der Waals surface area contributed by atoms with Gasteiger partial charge in [0.2, 0.25) is 5.91 Å². The van der Waals surface area contributed by atoms with Gasteiger partial charge in [-0.3, -0.25) is 4.79 Å². The van der Waals surface area contributed by atoms with E-state index in [0.717, 1.165) is 36.9 Å². The van der Waals surface area contributed by atoms with Crippen molar-refractivity contribution in [2.75, 3.05) is 13.1 Å². The van der Waals surface area contributed by atoms with Crippen LogP contribution < -0.4 is 5.73 Å². The molecule has 1 fully saturated rings. The lowest BCUT2D eigenvalue weighted by atomic mass is 9.98. The molecule has 53 heavy (non-hydrogen) atoms. The van der Waals surface area contributed by atoms with E-state index in [9.17, 15) is 9.18 Å². The number of nitrogens with zero attached hydrogens (tertiary/aromatic N) is 2. The number of allylic oxidation sites excluding steroid dienone is 1. The zero-order valence-corrected chi connectivity index (χ0v) is 37.3. The molecule has 304 valence electrons. The van der Waals surface area contributed by atoms with Crippen LogP contribution in [0, 0.1) is 36.4 Å². The van der Waals surface area contributed by atoms with Crippen molar-refractivity contribution in [2.24, 2.45) is 5.73 Å². The molecule has 1 aliphatic heterocycles. The largest absolute Gasteiger partial charge is 0.337 e. The maximum atomic E-state index is 13.6. The fourth-order valence-electron chi connectivity index (χ4n) is 4.28. The second-order valence-electron chi connectivity index (χ2n) is 12.0. The Bertz CT molecular complexity index is 1190. The van der Waals surface area contributed by atoms with Crippen LogP contribution in [0.1, 0.15) is 189 Å². The second-order valence-corrected chi connectivity index (χ2v) is 12.0. The van der Waals surface area contributed by atoms with Crippen LogP contribution in [-0.4, -0.2) is 29.9 Å². The van der Waals surface area contributed by atoms with Gasteiger partial charge in [-0.2, -0.15) is 5.26 Å². The van der Waals surface area contributed by atoms with Crippen LogP contribution in [0.25, 0.3) is 0 Å². The molecule has 5 heteroatoms. The molecule has 1 saturated heterocycles. The molecule has 2 unspecified atom stereocenters. The summed E-state index contributed by atoms with van der Waals surface area (Å²) in [7, 11) is 0. The van der Waals surface area contributed by atoms with Gasteiger partial charge >= 0.3 is 0 Å². The van der Waals surface area contributed by atoms with Crippen molar-refractivity contribution in [3.8, 4) is 18.4 Å². The Hall–Kier alpha value is -3.41. The minimum absolute atomic E-state index is 0.0248. The first kappa shape index (κ1) is 58.9. The van der Waals surface area contributed by atoms with E-state index in [4.69, 9.17) is 17.4 Å². The summed E-state index contributed by atoms with van der Waals surface area (Å²) in [5.74, 6) is 2.64. The van der Waals surface area contributed by atoms with Crippen LogP contribution in [0.4, 0.5) is 4.39 Å². The number of nitrogens with two attached hydrogens (primary N) is 1. The number of carbonyl (C=O) groups is 1. The molecule has 1 aliphatic rings. The Kier molecular flexibility index (Phi) is 49.7. The average Bonchev–Trinajstić information content (AvgIpc) is 3.21. The van der Waals surface area contributed by atoms with Crippen LogP contribution in [0.2, 0.25) is 0 Å². The lowest BCUT2D eigenvalue weighted by Crippen LogP contribution is -2.46. The molecule has 2 N–H and O–H groups in total. The van der Waals surface area contributed by atoms with Crippen molar-refractivity contribution < 1.29 is 9.18 Å². The van der Waals surface area contributed by atoms with Gasteiger partial charge in [-0.15, -0.1) is 12.3 Å². The van der Waals surface area contributed by atoms with Gasteiger partial charge in [0.25, 0.3) is 0 Å². The van der Waals surface area contributed by atoms with E-state index < -0.39 is 5.82 Å². The summed E-state index contributed by atoms with van der Waals surface area (Å²) in [5.41, 5.74) is 10.2. The molecular formula is C48H84FN3O. The smallest absolute Gasteiger partial charge is 0.249 e. The van der Waals surface area contributed by atoms with E-state index in [-0.39, 0.29) is 17.5 Å². The van der Waals surface area contributed by atoms with Crippen molar-refractivity contribution in [3.63, 3.8) is 0 Å². The topological polar surface area (TPSA) is 70.1 Å². The van der Waals surface area contributed by atoms with Gasteiger partial charge in [0.05, 0.1) is 5.56 Å². The van der Waals surface area contributed by atoms with Gasteiger partial charge in [0.1, 0.15) is 11.9 Å². The number of carbonyl (C=O) groups excluding carboxylic acids is 1. The number of nitriles is 1. The molecule has 2 aromatic rings. The normalized spacial score (nSPS) is 12.8. The Morgan fingerprint density at radius 1 is 0.943 bits per heavy atom. The highest BCUT2D eigenvalue weighted by Crippen LogP contribution is 2.18. The Morgan fingerprint density at radius 3 is 1.83 bits per heavy atom. The molecule has 0 radical (unpaired) electrons. The summed E-state index contributed by atoms with van der Waals surface area (Å²) in [6.07, 6.45) is 18.4. The summed E-state index contributed by atoms with van der Waals surface area (Å²) < 4.78 is 13.6. The zero-order valence-electron chi connectivity index (χ0n) is 37.3. The molecule has 0 aromatic heterocycles. The van der Waals surface area contributed by atoms with Crippen LogP contribution in [0.15, 0.2) is 54.1 Å². The van der Waals surface area contributed by atoms with E-state index in [0.29, 0.717) is 25.3 Å². The van der Waals surface area contributed by atoms with Gasteiger partial charge < -0.3 is 10.6 Å². The van der Waals surface area contributed by atoms with Gasteiger partial charge in [0, 0.05) is 31.1 Å². The fourth-order valence-corrected chi connectivity index (χ4v) is 4.28. The third-order valence-electron chi connectivity index (χ3n) is 7.81. The lowest BCUT2D eigenvalue weighted by molar-refractivity contribution is -0.128. The first-order valence-corrected chi connectivity index (χ1v) is 21.0. The molecule has 0 saturated carbocycles. The fraction of sp³-hybridized carbons (Fsp3) is 0.625. The number of rotatable bonds is 9. The number of hydrogen-bond acceptors (Lipinski definition) is 3. The van der Waals surface area contributed by atoms with E-state index in [1.165, 1.54) is 61.8 Å². The van der Waals surface area contributed by atoms with Crippen molar-refractivity contribution >= 4 is 5.91 Å². The SMILES string of the molecule is C#CCC.CC.CC.CC.CC/C(=C\Cc1ccc(C#N)c(F)c1)C(=O)N1CCCC(N)C1.CCC(C)c1ccc(C)cc1.CCCC.CCCCC. The average molecular weight is 738 g/mol. The van der Waals surface area contributed by atoms with Gasteiger partial charge in [-0.05, 0) is 68.2 Å². The lowest BCUT2D eigenvalue weighted by Gasteiger charge is -2.31. The van der Waals surface area contributed by atoms with Crippen LogP contribution in [0.3, 0.4) is 0 Å². The molecule has 2 aromatic carbocycles. The first-order chi connectivity index (χ1) is 25.5. The van der Waals surface area contributed by atoms with Gasteiger partial charge in [0.15, 0.2) is 0 Å². The second kappa shape index (κ2) is 44.7. The van der Waals surface area contributed by atoms with E-state index in [1.807, 2.05) is 66.4 Å². The Labute approximate surface area is 330 Å². The number of unbranched alkanes of at least 4 members (excludes halogenated alkanes) is 3. The summed E-state index contributed by atoms with van der Waals surface area (Å²) >= 11 is 0. The van der Waals surface area contributed by atoms with E-state index in [1.54, 1.807) is 12.1 Å². The molecule has 0 aliphatic carbocycles. The predicted octanol–water partition coefficient (Wildman–Crippen LogP) is 14.1. The Balaban J connectivity index is -0.000000212. The number of terminal acetylenes is 1. The van der Waals surface area contributed by atoms with Gasteiger partial charge in [-0.1, -0.05) is 171 Å². The van der Waals surface area contributed by atoms with Crippen molar-refractivity contribution in [1.82, 2.24) is 4.90 Å². The van der Waals surface area contributed by atoms with Crippen molar-refractivity contribution in [3.05, 3.63) is 82.2 Å². The maximum Gasteiger partial charge on any atom is 0.249 e. The molecular weight excluding hydrogens is 654 g/mol. The summed E-state index contributed by atoms with van der Waals surface area (Å²) in [5, 5.41) is 8.74. The minimum atomic E-state index is -0.523. The van der Waals surface area contributed by atoms with E-state index >= 15 is 0 Å². The standard InChI is InChI=1S/C18H22FN3O.C11H16.C5H12.C4H10.C4H6.3C2H6/c1-2-14(18(23)22-9-3-4-16(21)12-22)7-5-13-6-8-15(11-20)17(19)10-13;1-4-10(3)11-7-5-9(2)6-8-11;1-3-5-4-2;2*1-3-4-2;3*1-2/h6-8,10,16H,2-5,9,12,21H2,1H3;5-8,10H,4H2,1-3H3;3-5H2,1-2H3;3-4H2,1-2H3;1H,4H2,2H3;3*1-2H3/b14-7+;;;;;;;. The van der Waals surface area contributed by atoms with Crippen LogP contribution in [-0.2, 0) is 11.2 Å². The molecule has 0 bridgehead atoms. The highest BCUT2D eigenvalue weighted by Gasteiger charge is 2.22.